The molecule has 1 N–H and O–H groups in total. The Balaban J connectivity index is 2.08. The molecule has 0 bridgehead atoms. The number of ether oxygens (including phenoxy) is 2. The number of nitrogens with zero attached hydrogens (tertiary/aromatic N) is 1. The molecule has 0 saturated heterocycles. The van der Waals surface area contributed by atoms with Gasteiger partial charge in [0.2, 0.25) is 5.88 Å². The van der Waals surface area contributed by atoms with Crippen LogP contribution in [0.5, 0.6) is 5.88 Å². The van der Waals surface area contributed by atoms with Gasteiger partial charge in [0, 0.05) is 24.3 Å². The van der Waals surface area contributed by atoms with E-state index in [-0.39, 0.29) is 5.41 Å². The maximum Gasteiger partial charge on any atom is 0.237 e. The van der Waals surface area contributed by atoms with Gasteiger partial charge in [-0.3, -0.25) is 0 Å². The van der Waals surface area contributed by atoms with E-state index in [9.17, 15) is 0 Å². The first-order valence-corrected chi connectivity index (χ1v) is 7.02. The molecule has 19 heavy (non-hydrogen) atoms. The van der Waals surface area contributed by atoms with Crippen LogP contribution in [0.15, 0.2) is 18.3 Å². The van der Waals surface area contributed by atoms with Gasteiger partial charge in [0.05, 0.1) is 18.9 Å². The fraction of sp³-hybridized carbons (Fsp3) is 0.667. The van der Waals surface area contributed by atoms with Gasteiger partial charge in [-0.2, -0.15) is 0 Å². The Hall–Kier alpha value is -1.29. The Morgan fingerprint density at radius 2 is 2.26 bits per heavy atom. The Labute approximate surface area is 115 Å². The van der Waals surface area contributed by atoms with E-state index in [0.29, 0.717) is 18.0 Å². The highest BCUT2D eigenvalue weighted by atomic mass is 16.5. The van der Waals surface area contributed by atoms with Crippen LogP contribution in [0, 0.1) is 5.41 Å². The molecule has 1 saturated carbocycles. The van der Waals surface area contributed by atoms with Gasteiger partial charge in [-0.15, -0.1) is 0 Å². The number of aromatic nitrogens is 1. The third-order valence-corrected chi connectivity index (χ3v) is 4.41. The van der Waals surface area contributed by atoms with Crippen molar-refractivity contribution in [3.05, 3.63) is 18.3 Å². The number of hydrogen-bond acceptors (Lipinski definition) is 4. The minimum Gasteiger partial charge on any atom is -0.480 e. The molecule has 1 aromatic heterocycles. The largest absolute Gasteiger partial charge is 0.480 e. The van der Waals surface area contributed by atoms with Gasteiger partial charge in [-0.05, 0) is 31.9 Å². The number of methoxy groups -OCH3 is 1. The maximum absolute atomic E-state index is 5.82. The molecule has 1 aliphatic carbocycles. The first-order valence-electron chi connectivity index (χ1n) is 7.02. The molecule has 1 heterocycles. The monoisotopic (exact) mass is 264 g/mol. The van der Waals surface area contributed by atoms with Crippen LogP contribution in [0.4, 0.5) is 5.69 Å². The third kappa shape index (κ3) is 2.54. The first-order chi connectivity index (χ1) is 9.15. The number of nitrogens with one attached hydrogen (secondary N) is 1. The van der Waals surface area contributed by atoms with E-state index in [2.05, 4.69) is 31.1 Å². The molecule has 3 unspecified atom stereocenters. The van der Waals surface area contributed by atoms with Crippen LogP contribution in [0.25, 0.3) is 0 Å². The summed E-state index contributed by atoms with van der Waals surface area (Å²) in [5, 5.41) is 3.56. The molecule has 4 nitrogen and oxygen atoms in total. The minimum atomic E-state index is 0.177. The van der Waals surface area contributed by atoms with Crippen molar-refractivity contribution in [2.75, 3.05) is 19.0 Å². The van der Waals surface area contributed by atoms with Gasteiger partial charge >= 0.3 is 0 Å². The topological polar surface area (TPSA) is 43.4 Å². The van der Waals surface area contributed by atoms with Crippen molar-refractivity contribution in [2.45, 2.75) is 45.8 Å². The van der Waals surface area contributed by atoms with Crippen LogP contribution in [0.3, 0.4) is 0 Å². The smallest absolute Gasteiger partial charge is 0.237 e. The standard InChI is InChI=1S/C15H24N2O2/c1-5-15(3)12(10-13(15)19-6-2)17-11-8-7-9-16-14(11)18-4/h7-9,12-13,17H,5-6,10H2,1-4H3. The fourth-order valence-corrected chi connectivity index (χ4v) is 2.82. The lowest BCUT2D eigenvalue weighted by atomic mass is 9.61. The molecular weight excluding hydrogens is 240 g/mol. The second-order valence-corrected chi connectivity index (χ2v) is 5.30. The third-order valence-electron chi connectivity index (χ3n) is 4.41. The highest BCUT2D eigenvalue weighted by Crippen LogP contribution is 2.47. The molecular formula is C15H24N2O2. The molecule has 0 aromatic carbocycles. The molecule has 106 valence electrons. The van der Waals surface area contributed by atoms with Crippen molar-refractivity contribution in [1.82, 2.24) is 4.98 Å². The van der Waals surface area contributed by atoms with Crippen molar-refractivity contribution in [1.29, 1.82) is 0 Å². The van der Waals surface area contributed by atoms with E-state index in [0.717, 1.165) is 25.1 Å². The average molecular weight is 264 g/mol. The predicted molar refractivity (Wildman–Crippen MR) is 76.6 cm³/mol. The van der Waals surface area contributed by atoms with Crippen molar-refractivity contribution < 1.29 is 9.47 Å². The number of hydrogen-bond donors (Lipinski definition) is 1. The van der Waals surface area contributed by atoms with E-state index in [1.165, 1.54) is 0 Å². The van der Waals surface area contributed by atoms with Crippen LogP contribution in [-0.2, 0) is 4.74 Å². The quantitative estimate of drug-likeness (QED) is 0.857. The summed E-state index contributed by atoms with van der Waals surface area (Å²) < 4.78 is 11.1. The van der Waals surface area contributed by atoms with E-state index in [1.807, 2.05) is 12.1 Å². The molecule has 1 aliphatic rings. The minimum absolute atomic E-state index is 0.177. The number of rotatable bonds is 6. The molecule has 0 aliphatic heterocycles. The maximum atomic E-state index is 5.82. The van der Waals surface area contributed by atoms with Crippen LogP contribution in [0.1, 0.15) is 33.6 Å². The summed E-state index contributed by atoms with van der Waals surface area (Å²) >= 11 is 0. The Kier molecular flexibility index (Phi) is 4.30. The second kappa shape index (κ2) is 5.78. The second-order valence-electron chi connectivity index (χ2n) is 5.30. The van der Waals surface area contributed by atoms with E-state index >= 15 is 0 Å². The first kappa shape index (κ1) is 14.1. The van der Waals surface area contributed by atoms with Crippen molar-refractivity contribution in [3.63, 3.8) is 0 Å². The normalized spacial score (nSPS) is 29.7. The zero-order valence-electron chi connectivity index (χ0n) is 12.3. The summed E-state index contributed by atoms with van der Waals surface area (Å²) in [7, 11) is 1.65. The van der Waals surface area contributed by atoms with Gasteiger partial charge in [0.25, 0.3) is 0 Å². The van der Waals surface area contributed by atoms with Gasteiger partial charge in [-0.1, -0.05) is 13.8 Å². The highest BCUT2D eigenvalue weighted by Gasteiger charge is 2.51. The molecule has 0 spiro atoms. The van der Waals surface area contributed by atoms with E-state index < -0.39 is 0 Å². The SMILES string of the molecule is CCOC1CC(Nc2cccnc2OC)C1(C)CC. The van der Waals surface area contributed by atoms with Crippen LogP contribution >= 0.6 is 0 Å². The van der Waals surface area contributed by atoms with Crippen molar-refractivity contribution in [3.8, 4) is 5.88 Å². The molecule has 4 heteroatoms. The zero-order valence-corrected chi connectivity index (χ0v) is 12.3. The Morgan fingerprint density at radius 3 is 2.89 bits per heavy atom. The summed E-state index contributed by atoms with van der Waals surface area (Å²) in [5.41, 5.74) is 1.14. The van der Waals surface area contributed by atoms with E-state index in [1.54, 1.807) is 13.3 Å². The highest BCUT2D eigenvalue weighted by molar-refractivity contribution is 5.53. The van der Waals surface area contributed by atoms with Gasteiger partial charge < -0.3 is 14.8 Å². The molecule has 0 radical (unpaired) electrons. The predicted octanol–water partition coefficient (Wildman–Crippen LogP) is 3.10. The fourth-order valence-electron chi connectivity index (χ4n) is 2.82. The lowest BCUT2D eigenvalue weighted by Gasteiger charge is -2.53. The lowest BCUT2D eigenvalue weighted by Crippen LogP contribution is -2.59. The van der Waals surface area contributed by atoms with Crippen LogP contribution < -0.4 is 10.1 Å². The van der Waals surface area contributed by atoms with Crippen molar-refractivity contribution in [2.24, 2.45) is 5.41 Å². The molecule has 1 aromatic rings. The van der Waals surface area contributed by atoms with Gasteiger partial charge in [0.1, 0.15) is 0 Å². The molecule has 2 rings (SSSR count). The molecule has 1 fully saturated rings. The molecule has 0 amide bonds. The van der Waals surface area contributed by atoms with Crippen molar-refractivity contribution >= 4 is 5.69 Å². The summed E-state index contributed by atoms with van der Waals surface area (Å²) in [6, 6.07) is 4.34. The average Bonchev–Trinajstić information content (AvgIpc) is 2.45. The van der Waals surface area contributed by atoms with Crippen LogP contribution in [-0.4, -0.2) is 30.8 Å². The summed E-state index contributed by atoms with van der Waals surface area (Å²) in [6.07, 6.45) is 4.23. The Morgan fingerprint density at radius 1 is 1.47 bits per heavy atom. The summed E-state index contributed by atoms with van der Waals surface area (Å²) in [5.74, 6) is 0.654. The molecule has 3 atom stereocenters. The van der Waals surface area contributed by atoms with Gasteiger partial charge in [0.15, 0.2) is 0 Å². The Bertz CT molecular complexity index is 424. The summed E-state index contributed by atoms with van der Waals surface area (Å²) in [4.78, 5) is 4.22. The van der Waals surface area contributed by atoms with Crippen LogP contribution in [0.2, 0.25) is 0 Å². The summed E-state index contributed by atoms with van der Waals surface area (Å²) in [6.45, 7) is 7.35. The van der Waals surface area contributed by atoms with Gasteiger partial charge in [-0.25, -0.2) is 4.98 Å². The number of pyridine rings is 1. The zero-order chi connectivity index (χ0) is 13.9. The van der Waals surface area contributed by atoms with E-state index in [4.69, 9.17) is 9.47 Å². The lowest BCUT2D eigenvalue weighted by molar-refractivity contribution is -0.109. The number of anilines is 1.